The van der Waals surface area contributed by atoms with Crippen LogP contribution in [0.25, 0.3) is 11.2 Å². The molecule has 5 rings (SSSR count). The van der Waals surface area contributed by atoms with Crippen molar-refractivity contribution in [1.29, 1.82) is 0 Å². The van der Waals surface area contributed by atoms with E-state index in [9.17, 15) is 9.18 Å². The summed E-state index contributed by atoms with van der Waals surface area (Å²) in [4.78, 5) is 28.3. The number of carbonyl (C=O) groups is 1. The van der Waals surface area contributed by atoms with Crippen molar-refractivity contribution in [2.75, 3.05) is 11.4 Å². The van der Waals surface area contributed by atoms with Crippen LogP contribution in [-0.4, -0.2) is 38.1 Å². The molecular formula is C20H21FN6O. The van der Waals surface area contributed by atoms with Crippen LogP contribution in [0.4, 0.5) is 15.0 Å². The second-order valence-electron chi connectivity index (χ2n) is 7.56. The van der Waals surface area contributed by atoms with Gasteiger partial charge >= 0.3 is 6.03 Å². The Morgan fingerprint density at radius 3 is 3.04 bits per heavy atom. The van der Waals surface area contributed by atoms with Crippen molar-refractivity contribution >= 4 is 23.0 Å². The molecule has 0 unspecified atom stereocenters. The van der Waals surface area contributed by atoms with E-state index in [1.165, 1.54) is 17.1 Å². The lowest BCUT2D eigenvalue weighted by atomic mass is 9.98. The van der Waals surface area contributed by atoms with Gasteiger partial charge in [-0.15, -0.1) is 0 Å². The highest BCUT2D eigenvalue weighted by atomic mass is 19.1. The van der Waals surface area contributed by atoms with Gasteiger partial charge in [0, 0.05) is 18.3 Å². The predicted molar refractivity (Wildman–Crippen MR) is 103 cm³/mol. The van der Waals surface area contributed by atoms with Crippen LogP contribution in [0.3, 0.4) is 0 Å². The second kappa shape index (κ2) is 6.54. The van der Waals surface area contributed by atoms with Gasteiger partial charge in [0.05, 0.1) is 12.2 Å². The highest BCUT2D eigenvalue weighted by Gasteiger charge is 2.30. The number of aromatic nitrogens is 4. The summed E-state index contributed by atoms with van der Waals surface area (Å²) in [6.07, 6.45) is 6.09. The van der Waals surface area contributed by atoms with Crippen LogP contribution < -0.4 is 10.2 Å². The van der Waals surface area contributed by atoms with Crippen molar-refractivity contribution in [1.82, 2.24) is 24.8 Å². The summed E-state index contributed by atoms with van der Waals surface area (Å²) >= 11 is 0. The Labute approximate surface area is 161 Å². The van der Waals surface area contributed by atoms with Crippen molar-refractivity contribution in [2.24, 2.45) is 0 Å². The second-order valence-corrected chi connectivity index (χ2v) is 7.56. The fraction of sp³-hybridized carbons (Fsp3) is 0.400. The number of imidazole rings is 1. The lowest BCUT2D eigenvalue weighted by Gasteiger charge is -2.27. The van der Waals surface area contributed by atoms with E-state index in [1.54, 1.807) is 6.07 Å². The number of amides is 1. The molecule has 2 aliphatic heterocycles. The van der Waals surface area contributed by atoms with Gasteiger partial charge in [-0.25, -0.2) is 23.7 Å². The molecule has 0 spiro atoms. The van der Waals surface area contributed by atoms with E-state index in [0.29, 0.717) is 24.0 Å². The summed E-state index contributed by atoms with van der Waals surface area (Å²) < 4.78 is 15.5. The van der Waals surface area contributed by atoms with E-state index in [1.807, 2.05) is 19.1 Å². The first-order chi connectivity index (χ1) is 13.6. The number of halogens is 1. The zero-order chi connectivity index (χ0) is 19.3. The molecule has 1 saturated heterocycles. The standard InChI is InChI=1S/C20H21FN6O/c1-12-4-5-15-14(9-13(21)10-22-15)17-3-2-8-26(17)18-7-6-16-19(25-18)27(11-23-16)20(28)24-12/h6-7,9-12,17H,2-5,8H2,1H3,(H,24,28)/t12-,17+/m0/s1. The molecule has 3 aromatic heterocycles. The minimum atomic E-state index is -0.322. The van der Waals surface area contributed by atoms with Gasteiger partial charge in [-0.3, -0.25) is 4.98 Å². The molecule has 1 N–H and O–H groups in total. The fourth-order valence-corrected chi connectivity index (χ4v) is 4.24. The third kappa shape index (κ3) is 2.80. The SMILES string of the molecule is C[C@H]1CCc2ncc(F)cc2[C@H]2CCCN2c2ccc3ncn(c3n2)C(=O)N1. The zero-order valence-electron chi connectivity index (χ0n) is 15.6. The summed E-state index contributed by atoms with van der Waals surface area (Å²) in [6, 6.07) is 5.13. The van der Waals surface area contributed by atoms with E-state index in [-0.39, 0.29) is 23.9 Å². The van der Waals surface area contributed by atoms with Gasteiger partial charge in [0.25, 0.3) is 0 Å². The van der Waals surface area contributed by atoms with Crippen LogP contribution in [-0.2, 0) is 6.42 Å². The van der Waals surface area contributed by atoms with Crippen molar-refractivity contribution in [3.8, 4) is 0 Å². The molecule has 7 nitrogen and oxygen atoms in total. The van der Waals surface area contributed by atoms with E-state index in [0.717, 1.165) is 36.5 Å². The first-order valence-electron chi connectivity index (χ1n) is 9.66. The molecule has 0 aliphatic carbocycles. The van der Waals surface area contributed by atoms with Crippen LogP contribution in [0.15, 0.2) is 30.7 Å². The summed E-state index contributed by atoms with van der Waals surface area (Å²) in [5.41, 5.74) is 3.02. The average molecular weight is 380 g/mol. The Morgan fingerprint density at radius 2 is 2.14 bits per heavy atom. The lowest BCUT2D eigenvalue weighted by molar-refractivity contribution is 0.239. The quantitative estimate of drug-likeness (QED) is 0.648. The summed E-state index contributed by atoms with van der Waals surface area (Å²) in [7, 11) is 0. The smallest absolute Gasteiger partial charge is 0.328 e. The monoisotopic (exact) mass is 380 g/mol. The topological polar surface area (TPSA) is 75.9 Å². The van der Waals surface area contributed by atoms with Crippen molar-refractivity contribution in [3.05, 3.63) is 47.8 Å². The number of nitrogens with zero attached hydrogens (tertiary/aromatic N) is 5. The maximum Gasteiger partial charge on any atom is 0.328 e. The number of pyridine rings is 2. The van der Waals surface area contributed by atoms with E-state index in [4.69, 9.17) is 4.98 Å². The molecule has 2 atom stereocenters. The molecule has 5 heterocycles. The van der Waals surface area contributed by atoms with Crippen LogP contribution in [0.2, 0.25) is 0 Å². The van der Waals surface area contributed by atoms with Gasteiger partial charge in [-0.05, 0) is 56.4 Å². The van der Waals surface area contributed by atoms with Gasteiger partial charge < -0.3 is 10.2 Å². The molecule has 0 radical (unpaired) electrons. The van der Waals surface area contributed by atoms with Gasteiger partial charge in [-0.2, -0.15) is 0 Å². The largest absolute Gasteiger partial charge is 0.349 e. The van der Waals surface area contributed by atoms with Crippen LogP contribution in [0.1, 0.15) is 43.5 Å². The van der Waals surface area contributed by atoms with E-state index in [2.05, 4.69) is 20.2 Å². The lowest BCUT2D eigenvalue weighted by Crippen LogP contribution is -2.36. The molecule has 2 aliphatic rings. The minimum Gasteiger partial charge on any atom is -0.349 e. The molecule has 1 amide bonds. The average Bonchev–Trinajstić information content (AvgIpc) is 3.32. The van der Waals surface area contributed by atoms with Gasteiger partial charge in [0.15, 0.2) is 5.65 Å². The number of rotatable bonds is 0. The number of fused-ring (bicyclic) bond motifs is 5. The Bertz CT molecular complexity index is 1060. The zero-order valence-corrected chi connectivity index (χ0v) is 15.6. The predicted octanol–water partition coefficient (Wildman–Crippen LogP) is 3.20. The number of hydrogen-bond acceptors (Lipinski definition) is 5. The number of nitrogens with one attached hydrogen (secondary N) is 1. The van der Waals surface area contributed by atoms with Gasteiger partial charge in [0.2, 0.25) is 0 Å². The molecule has 0 aromatic carbocycles. The van der Waals surface area contributed by atoms with Gasteiger partial charge in [0.1, 0.15) is 23.5 Å². The van der Waals surface area contributed by atoms with E-state index < -0.39 is 0 Å². The number of carbonyl (C=O) groups excluding carboxylic acids is 1. The first-order valence-corrected chi connectivity index (χ1v) is 9.66. The van der Waals surface area contributed by atoms with E-state index >= 15 is 0 Å². The first kappa shape index (κ1) is 17.1. The fourth-order valence-electron chi connectivity index (χ4n) is 4.24. The molecule has 28 heavy (non-hydrogen) atoms. The van der Waals surface area contributed by atoms with Gasteiger partial charge in [-0.1, -0.05) is 0 Å². The number of anilines is 1. The van der Waals surface area contributed by atoms with Crippen LogP contribution >= 0.6 is 0 Å². The number of aryl methyl sites for hydroxylation is 1. The number of hydrogen-bond donors (Lipinski definition) is 1. The minimum absolute atomic E-state index is 0.0271. The Balaban J connectivity index is 1.69. The Kier molecular flexibility index (Phi) is 3.99. The molecule has 144 valence electrons. The molecule has 2 bridgehead atoms. The normalized spacial score (nSPS) is 22.2. The van der Waals surface area contributed by atoms with Crippen LogP contribution in [0, 0.1) is 5.82 Å². The molecule has 8 heteroatoms. The van der Waals surface area contributed by atoms with Crippen LogP contribution in [0.5, 0.6) is 0 Å². The highest BCUT2D eigenvalue weighted by molar-refractivity contribution is 5.87. The van der Waals surface area contributed by atoms with Crippen molar-refractivity contribution in [2.45, 2.75) is 44.7 Å². The summed E-state index contributed by atoms with van der Waals surface area (Å²) in [5, 5.41) is 2.99. The maximum atomic E-state index is 14.1. The molecule has 3 aromatic rings. The highest BCUT2D eigenvalue weighted by Crippen LogP contribution is 2.37. The Morgan fingerprint density at radius 1 is 1.25 bits per heavy atom. The van der Waals surface area contributed by atoms with Crippen molar-refractivity contribution < 1.29 is 9.18 Å². The Hall–Kier alpha value is -3.03. The molecule has 0 saturated carbocycles. The van der Waals surface area contributed by atoms with Crippen molar-refractivity contribution in [3.63, 3.8) is 0 Å². The summed E-state index contributed by atoms with van der Waals surface area (Å²) in [6.45, 7) is 2.79. The third-order valence-corrected chi connectivity index (χ3v) is 5.66. The molecular weight excluding hydrogens is 359 g/mol. The third-order valence-electron chi connectivity index (χ3n) is 5.66. The molecule has 1 fully saturated rings. The summed E-state index contributed by atoms with van der Waals surface area (Å²) in [5.74, 6) is 0.449. The maximum absolute atomic E-state index is 14.1.